The fourth-order valence-electron chi connectivity index (χ4n) is 4.00. The van der Waals surface area contributed by atoms with E-state index in [4.69, 9.17) is 14.6 Å². The zero-order valence-electron chi connectivity index (χ0n) is 17.9. The SMILES string of the molecule is CO[C@@H]1CCn2ncc(S(N)(=O)=NC(=O)Nc3c(C)c(C(F)(F)F)nc4c3CCC4)c2OC1. The molecule has 0 fully saturated rings. The van der Waals surface area contributed by atoms with Gasteiger partial charge in [-0.05, 0) is 38.2 Å². The molecule has 3 heterocycles. The van der Waals surface area contributed by atoms with Crippen molar-refractivity contribution in [3.63, 3.8) is 0 Å². The molecule has 1 aliphatic carbocycles. The van der Waals surface area contributed by atoms with Crippen molar-refractivity contribution in [2.75, 3.05) is 19.0 Å². The van der Waals surface area contributed by atoms with E-state index in [1.807, 2.05) is 0 Å². The maximum Gasteiger partial charge on any atom is 0.433 e. The summed E-state index contributed by atoms with van der Waals surface area (Å²) in [7, 11) is -2.27. The highest BCUT2D eigenvalue weighted by atomic mass is 32.2. The van der Waals surface area contributed by atoms with E-state index in [1.54, 1.807) is 0 Å². The molecule has 4 rings (SSSR count). The zero-order chi connectivity index (χ0) is 24.0. The summed E-state index contributed by atoms with van der Waals surface area (Å²) in [5.74, 6) is 0.110. The Kier molecular flexibility index (Phi) is 6.09. The smallest absolute Gasteiger partial charge is 0.433 e. The number of alkyl halides is 3. The summed E-state index contributed by atoms with van der Waals surface area (Å²) >= 11 is 0. The fourth-order valence-corrected chi connectivity index (χ4v) is 5.00. The third-order valence-electron chi connectivity index (χ3n) is 5.66. The van der Waals surface area contributed by atoms with Gasteiger partial charge in [0.25, 0.3) is 0 Å². The summed E-state index contributed by atoms with van der Waals surface area (Å²) in [5, 5.41) is 12.3. The molecule has 3 N–H and O–H groups in total. The lowest BCUT2D eigenvalue weighted by molar-refractivity contribution is -0.141. The van der Waals surface area contributed by atoms with E-state index in [2.05, 4.69) is 19.8 Å². The summed E-state index contributed by atoms with van der Waals surface area (Å²) in [6.45, 7) is 1.80. The molecular formula is C19H23F3N6O4S. The number of nitrogens with zero attached hydrogens (tertiary/aromatic N) is 4. The maximum atomic E-state index is 13.4. The third-order valence-corrected chi connectivity index (χ3v) is 7.01. The molecule has 2 aromatic heterocycles. The normalized spacial score (nSPS) is 19.6. The number of carbonyl (C=O) groups is 1. The Morgan fingerprint density at radius 3 is 2.88 bits per heavy atom. The summed E-state index contributed by atoms with van der Waals surface area (Å²) < 4.78 is 69.4. The standard InChI is InChI=1S/C19H23F3N6O4S/c1-10-15(12-4-3-5-13(12)25-16(10)19(20,21)22)26-18(29)27-33(23,30)14-8-24-28-7-6-11(31-2)9-32-17(14)28/h8,11H,3-7,9H2,1-2H3,(H3,23,25,26,27,29,30)/t11-,33?/m1/s1. The van der Waals surface area contributed by atoms with E-state index in [0.717, 1.165) is 0 Å². The second kappa shape index (κ2) is 8.57. The highest BCUT2D eigenvalue weighted by Crippen LogP contribution is 2.39. The van der Waals surface area contributed by atoms with E-state index >= 15 is 0 Å². The van der Waals surface area contributed by atoms with Crippen molar-refractivity contribution in [2.45, 2.75) is 56.3 Å². The molecule has 2 aliphatic rings. The summed E-state index contributed by atoms with van der Waals surface area (Å²) in [6.07, 6.45) is -1.64. The second-order valence-electron chi connectivity index (χ2n) is 7.82. The number of halogens is 3. The molecule has 33 heavy (non-hydrogen) atoms. The lowest BCUT2D eigenvalue weighted by Crippen LogP contribution is -2.21. The van der Waals surface area contributed by atoms with E-state index in [-0.39, 0.29) is 40.4 Å². The Hall–Kier alpha value is -2.71. The number of urea groups is 1. The third kappa shape index (κ3) is 4.54. The van der Waals surface area contributed by atoms with Crippen LogP contribution in [0.3, 0.4) is 0 Å². The van der Waals surface area contributed by atoms with Gasteiger partial charge in [-0.1, -0.05) is 0 Å². The van der Waals surface area contributed by atoms with E-state index in [0.29, 0.717) is 37.8 Å². The van der Waals surface area contributed by atoms with Crippen LogP contribution >= 0.6 is 0 Å². The minimum absolute atomic E-state index is 0.0261. The minimum Gasteiger partial charge on any atom is -0.474 e. The van der Waals surface area contributed by atoms with Gasteiger partial charge in [-0.25, -0.2) is 23.8 Å². The van der Waals surface area contributed by atoms with Gasteiger partial charge in [0.15, 0.2) is 9.92 Å². The van der Waals surface area contributed by atoms with E-state index in [9.17, 15) is 22.2 Å². The van der Waals surface area contributed by atoms with Crippen LogP contribution in [0.5, 0.6) is 5.88 Å². The van der Waals surface area contributed by atoms with Gasteiger partial charge in [0.05, 0.1) is 18.0 Å². The number of hydrogen-bond donors (Lipinski definition) is 2. The number of hydrogen-bond acceptors (Lipinski definition) is 6. The van der Waals surface area contributed by atoms with Crippen molar-refractivity contribution in [1.82, 2.24) is 14.8 Å². The maximum absolute atomic E-state index is 13.4. The Bertz CT molecular complexity index is 1220. The number of fused-ring (bicyclic) bond motifs is 2. The van der Waals surface area contributed by atoms with E-state index in [1.165, 1.54) is 24.9 Å². The fraction of sp³-hybridized carbons (Fsp3) is 0.526. The van der Waals surface area contributed by atoms with Crippen LogP contribution in [0.15, 0.2) is 15.5 Å². The molecule has 1 unspecified atom stereocenters. The molecule has 0 bridgehead atoms. The highest BCUT2D eigenvalue weighted by molar-refractivity contribution is 7.91. The Morgan fingerprint density at radius 1 is 1.42 bits per heavy atom. The number of ether oxygens (including phenoxy) is 2. The molecule has 0 aromatic carbocycles. The number of amides is 2. The first-order valence-corrected chi connectivity index (χ1v) is 11.8. The number of nitrogens with two attached hydrogens (primary N) is 1. The summed E-state index contributed by atoms with van der Waals surface area (Å²) in [4.78, 5) is 16.3. The number of aromatic nitrogens is 3. The van der Waals surface area contributed by atoms with Gasteiger partial charge < -0.3 is 14.8 Å². The number of nitrogens with one attached hydrogen (secondary N) is 1. The number of methoxy groups -OCH3 is 1. The molecule has 14 heteroatoms. The highest BCUT2D eigenvalue weighted by Gasteiger charge is 2.38. The van der Waals surface area contributed by atoms with Crippen molar-refractivity contribution >= 4 is 21.6 Å². The van der Waals surface area contributed by atoms with Crippen LogP contribution in [-0.2, 0) is 40.2 Å². The van der Waals surface area contributed by atoms with Crippen molar-refractivity contribution < 1.29 is 31.6 Å². The first-order valence-electron chi connectivity index (χ1n) is 10.2. The van der Waals surface area contributed by atoms with Gasteiger partial charge in [0, 0.05) is 24.9 Å². The number of carbonyl (C=O) groups excluding carboxylic acids is 1. The van der Waals surface area contributed by atoms with Crippen molar-refractivity contribution in [3.05, 3.63) is 28.7 Å². The van der Waals surface area contributed by atoms with E-state index < -0.39 is 27.8 Å². The minimum atomic E-state index is -4.69. The van der Waals surface area contributed by atoms with Gasteiger partial charge in [0.2, 0.25) is 5.88 Å². The molecule has 0 radical (unpaired) electrons. The zero-order valence-corrected chi connectivity index (χ0v) is 18.8. The molecule has 0 saturated heterocycles. The molecule has 0 saturated carbocycles. The molecule has 10 nitrogen and oxygen atoms in total. The van der Waals surface area contributed by atoms with Crippen LogP contribution in [0.1, 0.15) is 35.4 Å². The second-order valence-corrected chi connectivity index (χ2v) is 9.58. The van der Waals surface area contributed by atoms with Crippen LogP contribution < -0.4 is 15.2 Å². The topological polar surface area (TPSA) is 134 Å². The van der Waals surface area contributed by atoms with Gasteiger partial charge in [0.1, 0.15) is 17.2 Å². The van der Waals surface area contributed by atoms with Crippen molar-refractivity contribution in [2.24, 2.45) is 9.50 Å². The predicted octanol–water partition coefficient (Wildman–Crippen LogP) is 2.82. The summed E-state index contributed by atoms with van der Waals surface area (Å²) in [5.41, 5.74) is -0.541. The van der Waals surface area contributed by atoms with Crippen LogP contribution in [0.25, 0.3) is 0 Å². The Morgan fingerprint density at radius 2 is 2.18 bits per heavy atom. The predicted molar refractivity (Wildman–Crippen MR) is 111 cm³/mol. The number of pyridine rings is 1. The van der Waals surface area contributed by atoms with Crippen molar-refractivity contribution in [3.8, 4) is 5.88 Å². The number of anilines is 1. The van der Waals surface area contributed by atoms with Crippen LogP contribution in [0, 0.1) is 6.92 Å². The lowest BCUT2D eigenvalue weighted by Gasteiger charge is -2.17. The first-order chi connectivity index (χ1) is 15.5. The molecule has 2 aromatic rings. The van der Waals surface area contributed by atoms with Crippen LogP contribution in [0.4, 0.5) is 23.7 Å². The molecule has 0 spiro atoms. The molecule has 180 valence electrons. The molecule has 1 aliphatic heterocycles. The lowest BCUT2D eigenvalue weighted by atomic mass is 10.1. The Labute approximate surface area is 188 Å². The Balaban J connectivity index is 1.66. The average molecular weight is 488 g/mol. The van der Waals surface area contributed by atoms with Crippen LogP contribution in [-0.4, -0.2) is 44.8 Å². The molecule has 2 amide bonds. The monoisotopic (exact) mass is 488 g/mol. The molecular weight excluding hydrogens is 465 g/mol. The first kappa shape index (κ1) is 23.4. The average Bonchev–Trinajstić information content (AvgIpc) is 3.31. The largest absolute Gasteiger partial charge is 0.474 e. The number of aryl methyl sites for hydroxylation is 2. The molecule has 2 atom stereocenters. The summed E-state index contributed by atoms with van der Waals surface area (Å²) in [6, 6.07) is -1.14. The van der Waals surface area contributed by atoms with Gasteiger partial charge in [-0.15, -0.1) is 4.36 Å². The number of rotatable bonds is 3. The van der Waals surface area contributed by atoms with Gasteiger partial charge in [-0.3, -0.25) is 0 Å². The van der Waals surface area contributed by atoms with Crippen molar-refractivity contribution in [1.29, 1.82) is 0 Å². The quantitative estimate of drug-likeness (QED) is 0.683. The van der Waals surface area contributed by atoms with Gasteiger partial charge >= 0.3 is 12.2 Å². The van der Waals surface area contributed by atoms with Crippen LogP contribution in [0.2, 0.25) is 0 Å². The van der Waals surface area contributed by atoms with Gasteiger partial charge in [-0.2, -0.15) is 18.3 Å².